The Morgan fingerprint density at radius 3 is 2.62 bits per heavy atom. The topological polar surface area (TPSA) is 21.3 Å². The maximum absolute atomic E-state index is 6.04. The quantitative estimate of drug-likeness (QED) is 0.810. The Balaban J connectivity index is 1.75. The maximum atomic E-state index is 6.04. The standard InChI is InChI=1S/C13H16ClNO/c14-10-7-5-9(6-8-10)13-15-11-3-1-2-4-12(11)16-13/h5-8,11-13,15H,1-4H2/t11-,12+,13+/m0/s1. The summed E-state index contributed by atoms with van der Waals surface area (Å²) >= 11 is 5.88. The van der Waals surface area contributed by atoms with Gasteiger partial charge in [-0.05, 0) is 30.5 Å². The third kappa shape index (κ3) is 1.97. The second-order valence-corrected chi connectivity index (χ2v) is 5.10. The van der Waals surface area contributed by atoms with Crippen LogP contribution in [0, 0.1) is 0 Å². The number of halogens is 1. The Hall–Kier alpha value is -0.570. The minimum Gasteiger partial charge on any atom is -0.354 e. The molecular formula is C13H16ClNO. The molecule has 0 aromatic heterocycles. The van der Waals surface area contributed by atoms with E-state index in [0.29, 0.717) is 12.1 Å². The maximum Gasteiger partial charge on any atom is 0.135 e. The van der Waals surface area contributed by atoms with Gasteiger partial charge in [0.05, 0.1) is 6.10 Å². The molecule has 86 valence electrons. The van der Waals surface area contributed by atoms with Crippen molar-refractivity contribution in [3.63, 3.8) is 0 Å². The first-order valence-electron chi connectivity index (χ1n) is 6.00. The summed E-state index contributed by atoms with van der Waals surface area (Å²) in [6.45, 7) is 0. The van der Waals surface area contributed by atoms with Crippen LogP contribution in [0.1, 0.15) is 37.5 Å². The zero-order valence-electron chi connectivity index (χ0n) is 9.16. The lowest BCUT2D eigenvalue weighted by Crippen LogP contribution is -2.33. The minimum absolute atomic E-state index is 0.0605. The molecule has 1 heterocycles. The molecule has 2 nitrogen and oxygen atoms in total. The first-order valence-corrected chi connectivity index (χ1v) is 6.38. The van der Waals surface area contributed by atoms with E-state index in [1.165, 1.54) is 31.2 Å². The van der Waals surface area contributed by atoms with Crippen molar-refractivity contribution < 1.29 is 4.74 Å². The van der Waals surface area contributed by atoms with Crippen molar-refractivity contribution in [2.75, 3.05) is 0 Å². The zero-order chi connectivity index (χ0) is 11.0. The summed E-state index contributed by atoms with van der Waals surface area (Å²) in [7, 11) is 0. The van der Waals surface area contributed by atoms with Gasteiger partial charge in [0.15, 0.2) is 0 Å². The van der Waals surface area contributed by atoms with Crippen LogP contribution in [0.4, 0.5) is 0 Å². The second kappa shape index (κ2) is 4.36. The summed E-state index contributed by atoms with van der Waals surface area (Å²) in [4.78, 5) is 0. The van der Waals surface area contributed by atoms with Gasteiger partial charge in [0.1, 0.15) is 6.23 Å². The molecule has 1 saturated heterocycles. The van der Waals surface area contributed by atoms with Crippen LogP contribution in [-0.4, -0.2) is 12.1 Å². The van der Waals surface area contributed by atoms with Crippen LogP contribution in [-0.2, 0) is 4.74 Å². The van der Waals surface area contributed by atoms with Gasteiger partial charge in [-0.1, -0.05) is 36.6 Å². The van der Waals surface area contributed by atoms with Gasteiger partial charge in [-0.2, -0.15) is 0 Å². The molecule has 3 atom stereocenters. The van der Waals surface area contributed by atoms with E-state index < -0.39 is 0 Å². The fourth-order valence-electron chi connectivity index (χ4n) is 2.67. The Labute approximate surface area is 101 Å². The van der Waals surface area contributed by atoms with Crippen LogP contribution in [0.5, 0.6) is 0 Å². The van der Waals surface area contributed by atoms with Crippen molar-refractivity contribution in [3.05, 3.63) is 34.9 Å². The van der Waals surface area contributed by atoms with Crippen LogP contribution in [0.25, 0.3) is 0 Å². The predicted octanol–water partition coefficient (Wildman–Crippen LogP) is 3.27. The van der Waals surface area contributed by atoms with E-state index >= 15 is 0 Å². The summed E-state index contributed by atoms with van der Waals surface area (Å²) in [6.07, 6.45) is 5.54. The van der Waals surface area contributed by atoms with E-state index in [0.717, 1.165) is 5.02 Å². The largest absolute Gasteiger partial charge is 0.354 e. The predicted molar refractivity (Wildman–Crippen MR) is 64.5 cm³/mol. The van der Waals surface area contributed by atoms with Gasteiger partial charge in [0, 0.05) is 11.1 Å². The fraction of sp³-hybridized carbons (Fsp3) is 0.538. The second-order valence-electron chi connectivity index (χ2n) is 4.66. The SMILES string of the molecule is Clc1ccc([C@@H]2N[C@H]3CCCC[C@H]3O2)cc1. The normalized spacial score (nSPS) is 33.7. The third-order valence-electron chi connectivity index (χ3n) is 3.55. The van der Waals surface area contributed by atoms with Crippen molar-refractivity contribution >= 4 is 11.6 Å². The molecule has 0 radical (unpaired) electrons. The van der Waals surface area contributed by atoms with E-state index in [2.05, 4.69) is 5.32 Å². The number of nitrogens with one attached hydrogen (secondary N) is 1. The van der Waals surface area contributed by atoms with Gasteiger partial charge < -0.3 is 4.74 Å². The van der Waals surface area contributed by atoms with Crippen LogP contribution >= 0.6 is 11.6 Å². The number of hydrogen-bond donors (Lipinski definition) is 1. The highest BCUT2D eigenvalue weighted by Gasteiger charge is 2.36. The molecule has 0 bridgehead atoms. The van der Waals surface area contributed by atoms with Gasteiger partial charge in [-0.15, -0.1) is 0 Å². The molecule has 2 aliphatic rings. The van der Waals surface area contributed by atoms with E-state index in [1.807, 2.05) is 24.3 Å². The molecule has 2 fully saturated rings. The molecular weight excluding hydrogens is 222 g/mol. The number of fused-ring (bicyclic) bond motifs is 1. The van der Waals surface area contributed by atoms with E-state index in [4.69, 9.17) is 16.3 Å². The molecule has 1 saturated carbocycles. The van der Waals surface area contributed by atoms with Crippen molar-refractivity contribution in [2.24, 2.45) is 0 Å². The Bertz CT molecular complexity index is 351. The molecule has 16 heavy (non-hydrogen) atoms. The molecule has 1 aliphatic carbocycles. The Kier molecular flexibility index (Phi) is 2.88. The molecule has 3 heteroatoms. The third-order valence-corrected chi connectivity index (χ3v) is 3.80. The Morgan fingerprint density at radius 2 is 1.88 bits per heavy atom. The van der Waals surface area contributed by atoms with Crippen LogP contribution < -0.4 is 5.32 Å². The molecule has 0 unspecified atom stereocenters. The highest BCUT2D eigenvalue weighted by Crippen LogP contribution is 2.33. The van der Waals surface area contributed by atoms with E-state index in [9.17, 15) is 0 Å². The highest BCUT2D eigenvalue weighted by atomic mass is 35.5. The van der Waals surface area contributed by atoms with Gasteiger partial charge in [-0.25, -0.2) is 0 Å². The number of hydrogen-bond acceptors (Lipinski definition) is 2. The molecule has 0 spiro atoms. The van der Waals surface area contributed by atoms with Crippen molar-refractivity contribution in [2.45, 2.75) is 44.1 Å². The van der Waals surface area contributed by atoms with Crippen molar-refractivity contribution in [3.8, 4) is 0 Å². The number of benzene rings is 1. The monoisotopic (exact) mass is 237 g/mol. The van der Waals surface area contributed by atoms with Gasteiger partial charge >= 0.3 is 0 Å². The fourth-order valence-corrected chi connectivity index (χ4v) is 2.80. The number of rotatable bonds is 1. The van der Waals surface area contributed by atoms with E-state index in [1.54, 1.807) is 0 Å². The molecule has 3 rings (SSSR count). The lowest BCUT2D eigenvalue weighted by molar-refractivity contribution is 0.0246. The molecule has 1 aromatic carbocycles. The molecule has 1 N–H and O–H groups in total. The lowest BCUT2D eigenvalue weighted by Gasteiger charge is -2.22. The summed E-state index contributed by atoms with van der Waals surface area (Å²) in [6, 6.07) is 8.47. The van der Waals surface area contributed by atoms with Crippen molar-refractivity contribution in [1.29, 1.82) is 0 Å². The van der Waals surface area contributed by atoms with Crippen molar-refractivity contribution in [1.82, 2.24) is 5.32 Å². The highest BCUT2D eigenvalue weighted by molar-refractivity contribution is 6.30. The van der Waals surface area contributed by atoms with Crippen LogP contribution in [0.15, 0.2) is 24.3 Å². The zero-order valence-corrected chi connectivity index (χ0v) is 9.91. The summed E-state index contributed by atoms with van der Waals surface area (Å²) < 4.78 is 6.04. The molecule has 1 aromatic rings. The molecule has 1 aliphatic heterocycles. The minimum atomic E-state index is 0.0605. The van der Waals surface area contributed by atoms with Crippen LogP contribution in [0.2, 0.25) is 5.02 Å². The first kappa shape index (κ1) is 10.6. The smallest absolute Gasteiger partial charge is 0.135 e. The van der Waals surface area contributed by atoms with Gasteiger partial charge in [-0.3, -0.25) is 5.32 Å². The summed E-state index contributed by atoms with van der Waals surface area (Å²) in [5.41, 5.74) is 1.18. The van der Waals surface area contributed by atoms with E-state index in [-0.39, 0.29) is 6.23 Å². The average molecular weight is 238 g/mol. The van der Waals surface area contributed by atoms with Gasteiger partial charge in [0.25, 0.3) is 0 Å². The molecule has 0 amide bonds. The Morgan fingerprint density at radius 1 is 1.12 bits per heavy atom. The first-order chi connectivity index (χ1) is 7.83. The average Bonchev–Trinajstić information content (AvgIpc) is 2.73. The van der Waals surface area contributed by atoms with Gasteiger partial charge in [0.2, 0.25) is 0 Å². The summed E-state index contributed by atoms with van der Waals surface area (Å²) in [5.74, 6) is 0. The lowest BCUT2D eigenvalue weighted by atomic mass is 9.93. The number of ether oxygens (including phenoxy) is 1. The van der Waals surface area contributed by atoms with Crippen LogP contribution in [0.3, 0.4) is 0 Å². The summed E-state index contributed by atoms with van der Waals surface area (Å²) in [5, 5.41) is 4.34.